The van der Waals surface area contributed by atoms with Gasteiger partial charge in [-0.15, -0.1) is 0 Å². The molecule has 7 heteroatoms. The van der Waals surface area contributed by atoms with E-state index in [1.807, 2.05) is 0 Å². The van der Waals surface area contributed by atoms with E-state index in [1.54, 1.807) is 26.8 Å². The Balaban J connectivity index is 1.60. The zero-order chi connectivity index (χ0) is 18.9. The zero-order valence-electron chi connectivity index (χ0n) is 15.0. The van der Waals surface area contributed by atoms with Gasteiger partial charge in [-0.3, -0.25) is 9.69 Å². The van der Waals surface area contributed by atoms with E-state index in [4.69, 9.17) is 9.15 Å². The van der Waals surface area contributed by atoms with Gasteiger partial charge >= 0.3 is 6.03 Å². The molecule has 1 unspecified atom stereocenters. The fourth-order valence-corrected chi connectivity index (χ4v) is 3.15. The minimum atomic E-state index is -1.13. The van der Waals surface area contributed by atoms with Crippen molar-refractivity contribution in [3.8, 4) is 5.75 Å². The highest BCUT2D eigenvalue weighted by Crippen LogP contribution is 2.32. The van der Waals surface area contributed by atoms with Crippen molar-refractivity contribution in [2.75, 3.05) is 13.2 Å². The number of hydrogen-bond acceptors (Lipinski definition) is 4. The predicted octanol–water partition coefficient (Wildman–Crippen LogP) is 3.27. The van der Waals surface area contributed by atoms with Crippen molar-refractivity contribution in [2.45, 2.75) is 32.7 Å². The van der Waals surface area contributed by atoms with Gasteiger partial charge in [-0.25, -0.2) is 9.18 Å². The minimum absolute atomic E-state index is 0.233. The lowest BCUT2D eigenvalue weighted by molar-refractivity contribution is -0.131. The van der Waals surface area contributed by atoms with Gasteiger partial charge < -0.3 is 14.5 Å². The number of nitrogens with one attached hydrogen (secondary N) is 1. The number of carbonyl (C=O) groups excluding carboxylic acids is 2. The van der Waals surface area contributed by atoms with Gasteiger partial charge in [0.1, 0.15) is 28.6 Å². The van der Waals surface area contributed by atoms with E-state index in [0.717, 1.165) is 0 Å². The van der Waals surface area contributed by atoms with Crippen LogP contribution < -0.4 is 10.1 Å². The van der Waals surface area contributed by atoms with Gasteiger partial charge in [0.05, 0.1) is 6.61 Å². The van der Waals surface area contributed by atoms with Crippen LogP contribution in [-0.4, -0.2) is 30.0 Å². The standard InChI is InChI=1S/C19H21FN2O4/c1-12-11-16(13(2)26-12)19(3)17(23)22(18(24)21-19)9-4-10-25-15-7-5-14(20)6-8-15/h5-8,11H,4,9-10H2,1-3H3,(H,21,24). The van der Waals surface area contributed by atoms with Crippen molar-refractivity contribution < 1.29 is 23.1 Å². The lowest BCUT2D eigenvalue weighted by Gasteiger charge is -2.21. The van der Waals surface area contributed by atoms with Crippen molar-refractivity contribution in [1.82, 2.24) is 10.2 Å². The van der Waals surface area contributed by atoms with Gasteiger partial charge in [-0.05, 0) is 57.5 Å². The zero-order valence-corrected chi connectivity index (χ0v) is 15.0. The molecule has 1 fully saturated rings. The number of imide groups is 1. The first-order valence-corrected chi connectivity index (χ1v) is 8.41. The second-order valence-corrected chi connectivity index (χ2v) is 6.49. The molecule has 6 nitrogen and oxygen atoms in total. The number of aryl methyl sites for hydroxylation is 2. The van der Waals surface area contributed by atoms with Crippen molar-refractivity contribution in [2.24, 2.45) is 0 Å². The van der Waals surface area contributed by atoms with Gasteiger partial charge in [-0.1, -0.05) is 0 Å². The maximum Gasteiger partial charge on any atom is 0.325 e. The second kappa shape index (κ2) is 6.82. The fraction of sp³-hybridized carbons (Fsp3) is 0.368. The molecule has 138 valence electrons. The number of hydrogen-bond donors (Lipinski definition) is 1. The summed E-state index contributed by atoms with van der Waals surface area (Å²) in [6.07, 6.45) is 0.468. The first-order chi connectivity index (χ1) is 12.3. The molecule has 0 spiro atoms. The van der Waals surface area contributed by atoms with Crippen molar-refractivity contribution in [3.05, 3.63) is 53.2 Å². The molecule has 3 amide bonds. The van der Waals surface area contributed by atoms with Crippen molar-refractivity contribution in [3.63, 3.8) is 0 Å². The van der Waals surface area contributed by atoms with Crippen LogP contribution in [0.4, 0.5) is 9.18 Å². The van der Waals surface area contributed by atoms with E-state index in [9.17, 15) is 14.0 Å². The number of ether oxygens (including phenoxy) is 1. The predicted molar refractivity (Wildman–Crippen MR) is 92.3 cm³/mol. The molecule has 0 saturated carbocycles. The van der Waals surface area contributed by atoms with Gasteiger partial charge in [-0.2, -0.15) is 0 Å². The lowest BCUT2D eigenvalue weighted by atomic mass is 9.92. The maximum absolute atomic E-state index is 12.9. The van der Waals surface area contributed by atoms with E-state index in [0.29, 0.717) is 35.9 Å². The highest BCUT2D eigenvalue weighted by Gasteiger charge is 2.50. The molecule has 3 rings (SSSR count). The second-order valence-electron chi connectivity index (χ2n) is 6.49. The molecule has 1 aromatic carbocycles. The third kappa shape index (κ3) is 3.29. The van der Waals surface area contributed by atoms with Gasteiger partial charge in [0, 0.05) is 12.1 Å². The topological polar surface area (TPSA) is 71.8 Å². The number of nitrogens with zero attached hydrogens (tertiary/aromatic N) is 1. The molecule has 1 saturated heterocycles. The Kier molecular flexibility index (Phi) is 4.71. The number of urea groups is 1. The summed E-state index contributed by atoms with van der Waals surface area (Å²) in [5, 5.41) is 2.76. The first-order valence-electron chi connectivity index (χ1n) is 8.41. The van der Waals surface area contributed by atoms with Crippen LogP contribution in [0, 0.1) is 19.7 Å². The Labute approximate surface area is 150 Å². The third-order valence-corrected chi connectivity index (χ3v) is 4.46. The van der Waals surface area contributed by atoms with Crippen LogP contribution in [0.25, 0.3) is 0 Å². The molecular formula is C19H21FN2O4. The quantitative estimate of drug-likeness (QED) is 0.634. The summed E-state index contributed by atoms with van der Waals surface area (Å²) >= 11 is 0. The summed E-state index contributed by atoms with van der Waals surface area (Å²) in [4.78, 5) is 26.3. The number of rotatable bonds is 6. The Morgan fingerprint density at radius 2 is 1.92 bits per heavy atom. The Morgan fingerprint density at radius 3 is 2.54 bits per heavy atom. The molecule has 1 aromatic heterocycles. The molecule has 2 heterocycles. The van der Waals surface area contributed by atoms with Crippen LogP contribution in [0.2, 0.25) is 0 Å². The van der Waals surface area contributed by atoms with Crippen molar-refractivity contribution >= 4 is 11.9 Å². The number of halogens is 1. The van der Waals surface area contributed by atoms with Crippen LogP contribution in [0.15, 0.2) is 34.7 Å². The van der Waals surface area contributed by atoms with E-state index < -0.39 is 11.6 Å². The lowest BCUT2D eigenvalue weighted by Crippen LogP contribution is -2.41. The first kappa shape index (κ1) is 18.0. The smallest absolute Gasteiger partial charge is 0.325 e. The highest BCUT2D eigenvalue weighted by molar-refractivity contribution is 6.07. The van der Waals surface area contributed by atoms with Crippen LogP contribution in [0.3, 0.4) is 0 Å². The number of carbonyl (C=O) groups is 2. The summed E-state index contributed by atoms with van der Waals surface area (Å²) < 4.78 is 23.9. The molecule has 1 N–H and O–H groups in total. The summed E-state index contributed by atoms with van der Waals surface area (Å²) in [6.45, 7) is 5.79. The van der Waals surface area contributed by atoms with Gasteiger partial charge in [0.2, 0.25) is 0 Å². The normalized spacial score (nSPS) is 19.8. The van der Waals surface area contributed by atoms with Gasteiger partial charge in [0.25, 0.3) is 5.91 Å². The molecule has 1 aliphatic rings. The van der Waals surface area contributed by atoms with E-state index in [2.05, 4.69) is 5.32 Å². The molecule has 26 heavy (non-hydrogen) atoms. The van der Waals surface area contributed by atoms with Crippen molar-refractivity contribution in [1.29, 1.82) is 0 Å². The third-order valence-electron chi connectivity index (χ3n) is 4.46. The maximum atomic E-state index is 12.9. The van der Waals surface area contributed by atoms with E-state index in [1.165, 1.54) is 29.2 Å². The van der Waals surface area contributed by atoms with Crippen LogP contribution >= 0.6 is 0 Å². The Hall–Kier alpha value is -2.83. The average molecular weight is 360 g/mol. The number of furan rings is 1. The molecule has 0 bridgehead atoms. The van der Waals surface area contributed by atoms with E-state index >= 15 is 0 Å². The summed E-state index contributed by atoms with van der Waals surface area (Å²) in [5.74, 6) is 1.19. The average Bonchev–Trinajstić information content (AvgIpc) is 3.04. The van der Waals surface area contributed by atoms with E-state index in [-0.39, 0.29) is 18.3 Å². The van der Waals surface area contributed by atoms with Crippen LogP contribution in [0.5, 0.6) is 5.75 Å². The Morgan fingerprint density at radius 1 is 1.23 bits per heavy atom. The molecule has 1 atom stereocenters. The molecule has 0 radical (unpaired) electrons. The van der Waals surface area contributed by atoms with Gasteiger partial charge in [0.15, 0.2) is 0 Å². The number of benzene rings is 1. The SMILES string of the molecule is Cc1cc(C2(C)NC(=O)N(CCCOc3ccc(F)cc3)C2=O)c(C)o1. The van der Waals surface area contributed by atoms with Crippen LogP contribution in [0.1, 0.15) is 30.4 Å². The largest absolute Gasteiger partial charge is 0.494 e. The minimum Gasteiger partial charge on any atom is -0.494 e. The summed E-state index contributed by atoms with van der Waals surface area (Å²) in [5.41, 5.74) is -0.463. The van der Waals surface area contributed by atoms with Crippen LogP contribution in [-0.2, 0) is 10.3 Å². The fourth-order valence-electron chi connectivity index (χ4n) is 3.15. The number of amides is 3. The summed E-state index contributed by atoms with van der Waals surface area (Å²) in [7, 11) is 0. The molecule has 1 aliphatic heterocycles. The monoisotopic (exact) mass is 360 g/mol. The molecular weight excluding hydrogens is 339 g/mol. The molecule has 0 aliphatic carbocycles. The summed E-state index contributed by atoms with van der Waals surface area (Å²) in [6, 6.07) is 7.03. The highest BCUT2D eigenvalue weighted by atomic mass is 19.1. The Bertz CT molecular complexity index is 831. The molecule has 2 aromatic rings.